The Balaban J connectivity index is 1.20. The first kappa shape index (κ1) is 31.5. The van der Waals surface area contributed by atoms with E-state index in [1.54, 1.807) is 6.20 Å². The number of aromatic nitrogens is 3. The number of rotatable bonds is 5. The Kier molecular flexibility index (Phi) is 7.28. The molecule has 2 heterocycles. The fourth-order valence-corrected chi connectivity index (χ4v) is 8.23. The van der Waals surface area contributed by atoms with E-state index in [1.165, 1.54) is 16.2 Å². The zero-order chi connectivity index (χ0) is 36.2. The molecule has 0 N–H and O–H groups in total. The van der Waals surface area contributed by atoms with Crippen molar-refractivity contribution in [3.05, 3.63) is 199 Å². The molecule has 1 unspecified atom stereocenters. The standard InChI is InChI=1S/C50H32N4/c1-50(51-2)44-29-34(23-24-43(44)47-41-21-11-9-19-39(41)40-20-10-12-22-42(40)48(47)50)36-26-37(35-18-13-25-52-31-35)28-38(27-36)46-30-45(32-14-5-3-6-15-32)53-49(54-46)33-16-7-4-8-17-33/h3-31H,1H3. The SMILES string of the molecule is [C-]#[N+]C1(C)c2cc(-c3cc(-c4cccnc4)cc(-c4cc(-c5ccccc5)nc(-c5ccccc5)n4)c3)ccc2-c2c1c1ccccc1c1ccccc21. The highest BCUT2D eigenvalue weighted by Gasteiger charge is 2.47. The van der Waals surface area contributed by atoms with Crippen LogP contribution in [0.1, 0.15) is 18.1 Å². The molecule has 4 nitrogen and oxygen atoms in total. The van der Waals surface area contributed by atoms with E-state index in [4.69, 9.17) is 16.5 Å². The van der Waals surface area contributed by atoms with Crippen LogP contribution in [0, 0.1) is 6.57 Å². The molecule has 1 aliphatic rings. The number of pyridine rings is 1. The van der Waals surface area contributed by atoms with Crippen LogP contribution < -0.4 is 0 Å². The summed E-state index contributed by atoms with van der Waals surface area (Å²) < 4.78 is 0. The Morgan fingerprint density at radius 2 is 1.06 bits per heavy atom. The molecular formula is C50H32N4. The molecule has 0 amide bonds. The molecule has 0 saturated carbocycles. The van der Waals surface area contributed by atoms with Gasteiger partial charge in [-0.05, 0) is 80.2 Å². The first-order valence-electron chi connectivity index (χ1n) is 18.1. The number of hydrogen-bond donors (Lipinski definition) is 0. The van der Waals surface area contributed by atoms with Gasteiger partial charge in [0.2, 0.25) is 0 Å². The zero-order valence-corrected chi connectivity index (χ0v) is 29.5. The summed E-state index contributed by atoms with van der Waals surface area (Å²) in [5.74, 6) is 0.669. The van der Waals surface area contributed by atoms with E-state index in [9.17, 15) is 0 Å². The van der Waals surface area contributed by atoms with Crippen molar-refractivity contribution < 1.29 is 0 Å². The van der Waals surface area contributed by atoms with Gasteiger partial charge in [-0.3, -0.25) is 4.98 Å². The maximum atomic E-state index is 8.70. The van der Waals surface area contributed by atoms with Gasteiger partial charge >= 0.3 is 0 Å². The largest absolute Gasteiger partial charge is 0.300 e. The normalized spacial score (nSPS) is 14.4. The van der Waals surface area contributed by atoms with Crippen molar-refractivity contribution in [3.8, 4) is 67.3 Å². The van der Waals surface area contributed by atoms with Gasteiger partial charge in [0.1, 0.15) is 0 Å². The lowest BCUT2D eigenvalue weighted by atomic mass is 9.84. The molecule has 7 aromatic carbocycles. The second-order valence-electron chi connectivity index (χ2n) is 14.0. The quantitative estimate of drug-likeness (QED) is 0.134. The number of hydrogen-bond acceptors (Lipinski definition) is 3. The van der Waals surface area contributed by atoms with Gasteiger partial charge in [-0.1, -0.05) is 127 Å². The smallest absolute Gasteiger partial charge is 0.281 e. The number of benzene rings is 7. The van der Waals surface area contributed by atoms with Gasteiger partial charge < -0.3 is 4.85 Å². The van der Waals surface area contributed by atoms with Crippen LogP contribution in [-0.4, -0.2) is 15.0 Å². The van der Waals surface area contributed by atoms with Crippen LogP contribution in [0.3, 0.4) is 0 Å². The Morgan fingerprint density at radius 3 is 1.74 bits per heavy atom. The highest BCUT2D eigenvalue weighted by atomic mass is 14.9. The van der Waals surface area contributed by atoms with Crippen molar-refractivity contribution >= 4 is 21.5 Å². The van der Waals surface area contributed by atoms with E-state index in [1.807, 2.05) is 48.7 Å². The first-order chi connectivity index (χ1) is 26.6. The van der Waals surface area contributed by atoms with Gasteiger partial charge in [-0.2, -0.15) is 0 Å². The molecule has 0 saturated heterocycles. The molecule has 0 bridgehead atoms. The molecule has 10 rings (SSSR count). The van der Waals surface area contributed by atoms with Gasteiger partial charge in [0.05, 0.1) is 17.0 Å². The molecular weight excluding hydrogens is 657 g/mol. The van der Waals surface area contributed by atoms with E-state index in [2.05, 4.69) is 138 Å². The number of nitrogens with zero attached hydrogens (tertiary/aromatic N) is 4. The Labute approximate surface area is 313 Å². The second-order valence-corrected chi connectivity index (χ2v) is 14.0. The fraction of sp³-hybridized carbons (Fsp3) is 0.0400. The average molecular weight is 689 g/mol. The molecule has 54 heavy (non-hydrogen) atoms. The summed E-state index contributed by atoms with van der Waals surface area (Å²) in [5, 5.41) is 4.70. The highest BCUT2D eigenvalue weighted by molar-refractivity contribution is 6.18. The third-order valence-corrected chi connectivity index (χ3v) is 10.8. The average Bonchev–Trinajstić information content (AvgIpc) is 3.52. The van der Waals surface area contributed by atoms with Crippen molar-refractivity contribution in [1.29, 1.82) is 0 Å². The summed E-state index contributed by atoms with van der Waals surface area (Å²) in [4.78, 5) is 19.1. The van der Waals surface area contributed by atoms with Gasteiger partial charge in [0.15, 0.2) is 5.82 Å². The zero-order valence-electron chi connectivity index (χ0n) is 29.5. The van der Waals surface area contributed by atoms with Crippen molar-refractivity contribution in [2.75, 3.05) is 0 Å². The molecule has 2 aromatic heterocycles. The Bertz CT molecular complexity index is 2890. The summed E-state index contributed by atoms with van der Waals surface area (Å²) in [6.45, 7) is 10.8. The van der Waals surface area contributed by atoms with Gasteiger partial charge in [-0.25, -0.2) is 16.5 Å². The summed E-state index contributed by atoms with van der Waals surface area (Å²) >= 11 is 0. The second kappa shape index (κ2) is 12.5. The molecule has 1 atom stereocenters. The van der Waals surface area contributed by atoms with Gasteiger partial charge in [0.25, 0.3) is 5.54 Å². The predicted molar refractivity (Wildman–Crippen MR) is 221 cm³/mol. The summed E-state index contributed by atoms with van der Waals surface area (Å²) in [6, 6.07) is 57.0. The van der Waals surface area contributed by atoms with Crippen molar-refractivity contribution in [1.82, 2.24) is 15.0 Å². The van der Waals surface area contributed by atoms with Crippen LogP contribution in [0.15, 0.2) is 176 Å². The third-order valence-electron chi connectivity index (χ3n) is 10.8. The van der Waals surface area contributed by atoms with Crippen LogP contribution >= 0.6 is 0 Å². The maximum Gasteiger partial charge on any atom is 0.281 e. The summed E-state index contributed by atoms with van der Waals surface area (Å²) in [5.41, 5.74) is 12.3. The minimum atomic E-state index is -0.865. The lowest BCUT2D eigenvalue weighted by molar-refractivity contribution is 0.748. The predicted octanol–water partition coefficient (Wildman–Crippen LogP) is 12.7. The molecule has 9 aromatic rings. The highest BCUT2D eigenvalue weighted by Crippen LogP contribution is 2.56. The van der Waals surface area contributed by atoms with Crippen LogP contribution in [0.5, 0.6) is 0 Å². The molecule has 0 aliphatic heterocycles. The Hall–Kier alpha value is -7.22. The third kappa shape index (κ3) is 5.02. The molecule has 4 heteroatoms. The monoisotopic (exact) mass is 688 g/mol. The van der Waals surface area contributed by atoms with Crippen LogP contribution in [0.4, 0.5) is 0 Å². The minimum Gasteiger partial charge on any atom is -0.300 e. The van der Waals surface area contributed by atoms with Gasteiger partial charge in [-0.15, -0.1) is 0 Å². The van der Waals surface area contributed by atoms with Crippen molar-refractivity contribution in [3.63, 3.8) is 0 Å². The first-order valence-corrected chi connectivity index (χ1v) is 18.1. The topological polar surface area (TPSA) is 43.0 Å². The summed E-state index contributed by atoms with van der Waals surface area (Å²) in [6.07, 6.45) is 3.70. The molecule has 1 aliphatic carbocycles. The van der Waals surface area contributed by atoms with E-state index in [0.29, 0.717) is 5.82 Å². The lowest BCUT2D eigenvalue weighted by Gasteiger charge is -2.18. The fourth-order valence-electron chi connectivity index (χ4n) is 8.23. The van der Waals surface area contributed by atoms with Crippen molar-refractivity contribution in [2.45, 2.75) is 12.5 Å². The van der Waals surface area contributed by atoms with Crippen LogP contribution in [0.2, 0.25) is 0 Å². The maximum absolute atomic E-state index is 8.70. The molecule has 0 fully saturated rings. The number of fused-ring (bicyclic) bond motifs is 8. The molecule has 0 radical (unpaired) electrons. The van der Waals surface area contributed by atoms with Crippen LogP contribution in [0.25, 0.3) is 93.7 Å². The van der Waals surface area contributed by atoms with E-state index < -0.39 is 5.54 Å². The lowest BCUT2D eigenvalue weighted by Crippen LogP contribution is -2.15. The van der Waals surface area contributed by atoms with Gasteiger partial charge in [0, 0.05) is 52.7 Å². The van der Waals surface area contributed by atoms with E-state index in [0.717, 1.165) is 78.0 Å². The Morgan fingerprint density at radius 1 is 0.481 bits per heavy atom. The van der Waals surface area contributed by atoms with E-state index in [-0.39, 0.29) is 0 Å². The van der Waals surface area contributed by atoms with Crippen molar-refractivity contribution in [2.24, 2.45) is 0 Å². The van der Waals surface area contributed by atoms with E-state index >= 15 is 0 Å². The minimum absolute atomic E-state index is 0.669. The summed E-state index contributed by atoms with van der Waals surface area (Å²) in [7, 11) is 0. The molecule has 0 spiro atoms. The van der Waals surface area contributed by atoms with Crippen LogP contribution in [-0.2, 0) is 5.54 Å². The molecule has 252 valence electrons.